The number of carbonyl (C=O) groups is 1. The Morgan fingerprint density at radius 2 is 1.81 bits per heavy atom. The van der Waals surface area contributed by atoms with Gasteiger partial charge < -0.3 is 10.3 Å². The van der Waals surface area contributed by atoms with Gasteiger partial charge in [0.15, 0.2) is 0 Å². The van der Waals surface area contributed by atoms with Crippen molar-refractivity contribution in [2.45, 2.75) is 11.8 Å². The number of aromatic amines is 1. The van der Waals surface area contributed by atoms with Crippen LogP contribution in [0.15, 0.2) is 78.1 Å². The van der Waals surface area contributed by atoms with Crippen LogP contribution < -0.4 is 5.32 Å². The largest absolute Gasteiger partial charge is 0.361 e. The number of benzene rings is 2. The van der Waals surface area contributed by atoms with Crippen molar-refractivity contribution in [1.82, 2.24) is 8.96 Å². The molecule has 0 saturated carbocycles. The van der Waals surface area contributed by atoms with Crippen molar-refractivity contribution in [2.75, 3.05) is 5.32 Å². The van der Waals surface area contributed by atoms with Crippen molar-refractivity contribution in [3.63, 3.8) is 0 Å². The third-order valence-corrected chi connectivity index (χ3v) is 5.97. The van der Waals surface area contributed by atoms with E-state index in [9.17, 15) is 13.2 Å². The van der Waals surface area contributed by atoms with Crippen LogP contribution in [0.4, 0.5) is 5.69 Å². The third kappa shape index (κ3) is 3.24. The van der Waals surface area contributed by atoms with Crippen molar-refractivity contribution in [1.29, 1.82) is 0 Å². The maximum Gasteiger partial charge on any atom is 0.267 e. The van der Waals surface area contributed by atoms with E-state index in [4.69, 9.17) is 0 Å². The fourth-order valence-corrected chi connectivity index (χ4v) is 4.05. The van der Waals surface area contributed by atoms with Crippen LogP contribution in [-0.2, 0) is 10.0 Å². The Labute approximate surface area is 156 Å². The number of aromatic nitrogens is 2. The van der Waals surface area contributed by atoms with Crippen LogP contribution in [-0.4, -0.2) is 23.3 Å². The molecule has 2 aromatic heterocycles. The van der Waals surface area contributed by atoms with Crippen LogP contribution >= 0.6 is 0 Å². The van der Waals surface area contributed by atoms with Gasteiger partial charge in [-0.2, -0.15) is 0 Å². The molecule has 0 unspecified atom stereocenters. The fraction of sp³-hybridized carbons (Fsp3) is 0.0500. The van der Waals surface area contributed by atoms with E-state index < -0.39 is 10.0 Å². The molecule has 7 heteroatoms. The number of carbonyl (C=O) groups excluding carboxylic acids is 1. The Balaban J connectivity index is 1.60. The van der Waals surface area contributed by atoms with E-state index >= 15 is 0 Å². The number of fused-ring (bicyclic) bond motifs is 1. The van der Waals surface area contributed by atoms with Gasteiger partial charge in [0.05, 0.1) is 10.5 Å². The molecule has 0 bridgehead atoms. The van der Waals surface area contributed by atoms with Gasteiger partial charge in [-0.05, 0) is 49.4 Å². The first-order valence-corrected chi connectivity index (χ1v) is 9.76. The number of amides is 1. The summed E-state index contributed by atoms with van der Waals surface area (Å²) in [7, 11) is -3.78. The molecule has 0 spiro atoms. The lowest BCUT2D eigenvalue weighted by atomic mass is 10.2. The van der Waals surface area contributed by atoms with Gasteiger partial charge in [-0.25, -0.2) is 12.4 Å². The summed E-state index contributed by atoms with van der Waals surface area (Å²) in [6.45, 7) is 1.96. The van der Waals surface area contributed by atoms with E-state index in [1.54, 1.807) is 36.5 Å². The average molecular weight is 379 g/mol. The standard InChI is InChI=1S/C20H17N3O3S/c1-14-2-4-17(5-3-14)22-20(24)16-9-11-23(13-16)27(25,26)18-6-7-19-15(12-18)8-10-21-19/h2-13,21H,1H3,(H,22,24). The number of H-pyrrole nitrogens is 1. The van der Waals surface area contributed by atoms with Gasteiger partial charge in [0, 0.05) is 35.2 Å². The normalized spacial score (nSPS) is 11.6. The van der Waals surface area contributed by atoms with Crippen LogP contribution in [0.2, 0.25) is 0 Å². The molecule has 0 fully saturated rings. The van der Waals surface area contributed by atoms with Gasteiger partial charge in [-0.3, -0.25) is 4.79 Å². The van der Waals surface area contributed by atoms with Gasteiger partial charge in [0.1, 0.15) is 0 Å². The summed E-state index contributed by atoms with van der Waals surface area (Å²) in [5, 5.41) is 3.57. The van der Waals surface area contributed by atoms with Crippen molar-refractivity contribution in [2.24, 2.45) is 0 Å². The lowest BCUT2D eigenvalue weighted by molar-refractivity contribution is 0.102. The number of anilines is 1. The summed E-state index contributed by atoms with van der Waals surface area (Å²) in [4.78, 5) is 15.6. The van der Waals surface area contributed by atoms with Gasteiger partial charge in [0.25, 0.3) is 15.9 Å². The molecule has 0 atom stereocenters. The molecule has 6 nitrogen and oxygen atoms in total. The van der Waals surface area contributed by atoms with Crippen molar-refractivity contribution in [3.8, 4) is 0 Å². The SMILES string of the molecule is Cc1ccc(NC(=O)c2ccn(S(=O)(=O)c3ccc4[nH]ccc4c3)c2)cc1. The Hall–Kier alpha value is -3.32. The van der Waals surface area contributed by atoms with E-state index in [1.165, 1.54) is 18.5 Å². The molecule has 27 heavy (non-hydrogen) atoms. The first-order chi connectivity index (χ1) is 12.9. The number of aryl methyl sites for hydroxylation is 1. The van der Waals surface area contributed by atoms with Gasteiger partial charge in [-0.15, -0.1) is 0 Å². The average Bonchev–Trinajstić information content (AvgIpc) is 3.32. The maximum atomic E-state index is 12.9. The van der Waals surface area contributed by atoms with Crippen molar-refractivity contribution in [3.05, 3.63) is 84.3 Å². The number of nitrogens with zero attached hydrogens (tertiary/aromatic N) is 1. The van der Waals surface area contributed by atoms with E-state index in [-0.39, 0.29) is 16.4 Å². The molecular weight excluding hydrogens is 362 g/mol. The summed E-state index contributed by atoms with van der Waals surface area (Å²) in [5.41, 5.74) is 2.87. The van der Waals surface area contributed by atoms with Crippen LogP contribution in [0.1, 0.15) is 15.9 Å². The number of hydrogen-bond donors (Lipinski definition) is 2. The highest BCUT2D eigenvalue weighted by atomic mass is 32.2. The van der Waals surface area contributed by atoms with E-state index in [0.717, 1.165) is 20.4 Å². The Morgan fingerprint density at radius 1 is 1.04 bits per heavy atom. The molecule has 0 radical (unpaired) electrons. The minimum absolute atomic E-state index is 0.163. The first-order valence-electron chi connectivity index (χ1n) is 8.32. The molecular formula is C20H17N3O3S. The molecule has 2 N–H and O–H groups in total. The van der Waals surface area contributed by atoms with Crippen LogP contribution in [0.3, 0.4) is 0 Å². The smallest absolute Gasteiger partial charge is 0.267 e. The zero-order valence-electron chi connectivity index (χ0n) is 14.5. The lowest BCUT2D eigenvalue weighted by Crippen LogP contribution is -2.13. The highest BCUT2D eigenvalue weighted by molar-refractivity contribution is 7.90. The number of nitrogens with one attached hydrogen (secondary N) is 2. The number of rotatable bonds is 4. The van der Waals surface area contributed by atoms with Gasteiger partial charge >= 0.3 is 0 Å². The second-order valence-corrected chi connectivity index (χ2v) is 8.13. The summed E-state index contributed by atoms with van der Waals surface area (Å²) in [6, 6.07) is 15.5. The molecule has 0 aliphatic rings. The topological polar surface area (TPSA) is 84.0 Å². The Kier molecular flexibility index (Phi) is 4.08. The minimum Gasteiger partial charge on any atom is -0.361 e. The zero-order valence-corrected chi connectivity index (χ0v) is 15.3. The van der Waals surface area contributed by atoms with Gasteiger partial charge in [-0.1, -0.05) is 17.7 Å². The summed E-state index contributed by atoms with van der Waals surface area (Å²) in [5.74, 6) is -0.367. The quantitative estimate of drug-likeness (QED) is 0.566. The summed E-state index contributed by atoms with van der Waals surface area (Å²) < 4.78 is 26.8. The second kappa shape index (κ2) is 6.44. The Bertz CT molecular complexity index is 1230. The highest BCUT2D eigenvalue weighted by Crippen LogP contribution is 2.21. The molecule has 2 heterocycles. The number of hydrogen-bond acceptors (Lipinski definition) is 3. The monoisotopic (exact) mass is 379 g/mol. The molecule has 0 aliphatic heterocycles. The summed E-state index contributed by atoms with van der Waals surface area (Å²) in [6.07, 6.45) is 4.45. The van der Waals surface area contributed by atoms with Crippen LogP contribution in [0.25, 0.3) is 10.9 Å². The van der Waals surface area contributed by atoms with E-state index in [0.29, 0.717) is 5.69 Å². The van der Waals surface area contributed by atoms with Crippen molar-refractivity contribution >= 4 is 32.5 Å². The van der Waals surface area contributed by atoms with E-state index in [1.807, 2.05) is 25.1 Å². The van der Waals surface area contributed by atoms with E-state index in [2.05, 4.69) is 10.3 Å². The Morgan fingerprint density at radius 3 is 2.59 bits per heavy atom. The molecule has 1 amide bonds. The fourth-order valence-electron chi connectivity index (χ4n) is 2.81. The predicted octanol–water partition coefficient (Wildman–Crippen LogP) is 3.77. The molecule has 136 valence electrons. The second-order valence-electron chi connectivity index (χ2n) is 6.28. The first kappa shape index (κ1) is 17.1. The van der Waals surface area contributed by atoms with Gasteiger partial charge in [0.2, 0.25) is 0 Å². The predicted molar refractivity (Wildman–Crippen MR) is 104 cm³/mol. The molecule has 2 aromatic carbocycles. The van der Waals surface area contributed by atoms with Crippen LogP contribution in [0, 0.1) is 6.92 Å². The lowest BCUT2D eigenvalue weighted by Gasteiger charge is -2.06. The molecule has 0 aliphatic carbocycles. The molecule has 0 saturated heterocycles. The minimum atomic E-state index is -3.78. The molecule has 4 rings (SSSR count). The summed E-state index contributed by atoms with van der Waals surface area (Å²) >= 11 is 0. The third-order valence-electron chi connectivity index (χ3n) is 4.34. The highest BCUT2D eigenvalue weighted by Gasteiger charge is 2.19. The van der Waals surface area contributed by atoms with Crippen molar-refractivity contribution < 1.29 is 13.2 Å². The maximum absolute atomic E-state index is 12.9. The molecule has 4 aromatic rings. The van der Waals surface area contributed by atoms with Crippen LogP contribution in [0.5, 0.6) is 0 Å². The zero-order chi connectivity index (χ0) is 19.0.